The molecule has 4 nitrogen and oxygen atoms in total. The van der Waals surface area contributed by atoms with Gasteiger partial charge in [-0.25, -0.2) is 0 Å². The van der Waals surface area contributed by atoms with Gasteiger partial charge in [-0.3, -0.25) is 4.79 Å². The number of hydrogen-bond acceptors (Lipinski definition) is 3. The van der Waals surface area contributed by atoms with Crippen molar-refractivity contribution in [2.75, 3.05) is 11.9 Å². The zero-order valence-corrected chi connectivity index (χ0v) is 10.3. The molecule has 0 spiro atoms. The molecule has 0 aliphatic rings. The van der Waals surface area contributed by atoms with Crippen LogP contribution in [0.5, 0.6) is 5.75 Å². The van der Waals surface area contributed by atoms with E-state index in [1.165, 1.54) is 24.3 Å². The first kappa shape index (κ1) is 15.3. The van der Waals surface area contributed by atoms with Gasteiger partial charge < -0.3 is 15.8 Å². The lowest BCUT2D eigenvalue weighted by molar-refractivity contribution is -0.153. The summed E-state index contributed by atoms with van der Waals surface area (Å²) in [5.74, 6) is -0.165. The van der Waals surface area contributed by atoms with E-state index in [1.807, 2.05) is 0 Å². The number of nitrogens with two attached hydrogens (primary N) is 1. The van der Waals surface area contributed by atoms with Crippen molar-refractivity contribution in [3.63, 3.8) is 0 Å². The van der Waals surface area contributed by atoms with Crippen LogP contribution in [0.4, 0.5) is 18.9 Å². The molecule has 0 bridgehead atoms. The predicted octanol–water partition coefficient (Wildman–Crippen LogP) is 2.30. The first-order chi connectivity index (χ1) is 8.76. The molecular formula is C12H15F3N2O2. The molecular weight excluding hydrogens is 261 g/mol. The predicted molar refractivity (Wildman–Crippen MR) is 64.9 cm³/mol. The minimum Gasteiger partial charge on any atom is -0.484 e. The molecule has 0 fully saturated rings. The van der Waals surface area contributed by atoms with Gasteiger partial charge in [-0.2, -0.15) is 13.2 Å². The number of alkyl halides is 3. The van der Waals surface area contributed by atoms with E-state index >= 15 is 0 Å². The number of hydrogen-bond donors (Lipinski definition) is 2. The molecule has 0 heterocycles. The first-order valence-electron chi connectivity index (χ1n) is 5.61. The lowest BCUT2D eigenvalue weighted by atomic mass is 10.2. The Morgan fingerprint density at radius 3 is 2.42 bits per heavy atom. The number of halogens is 3. The normalized spacial score (nSPS) is 12.9. The molecule has 7 heteroatoms. The molecule has 3 N–H and O–H groups in total. The molecule has 0 aromatic heterocycles. The van der Waals surface area contributed by atoms with Gasteiger partial charge in [-0.05, 0) is 31.2 Å². The largest absolute Gasteiger partial charge is 0.484 e. The minimum absolute atomic E-state index is 0.0857. The Kier molecular flexibility index (Phi) is 5.17. The lowest BCUT2D eigenvalue weighted by Gasteiger charge is -2.10. The molecule has 0 radical (unpaired) electrons. The number of carbonyl (C=O) groups is 1. The highest BCUT2D eigenvalue weighted by Crippen LogP contribution is 2.20. The van der Waals surface area contributed by atoms with Gasteiger partial charge >= 0.3 is 6.18 Å². The number of anilines is 1. The van der Waals surface area contributed by atoms with Crippen molar-refractivity contribution in [3.8, 4) is 5.75 Å². The quantitative estimate of drug-likeness (QED) is 0.867. The zero-order chi connectivity index (χ0) is 14.5. The van der Waals surface area contributed by atoms with E-state index in [2.05, 4.69) is 10.1 Å². The highest BCUT2D eigenvalue weighted by atomic mass is 19.4. The van der Waals surface area contributed by atoms with Gasteiger partial charge in [0, 0.05) is 18.2 Å². The Bertz CT molecular complexity index is 416. The van der Waals surface area contributed by atoms with Crippen LogP contribution in [0, 0.1) is 0 Å². The Morgan fingerprint density at radius 1 is 1.37 bits per heavy atom. The zero-order valence-electron chi connectivity index (χ0n) is 10.3. The van der Waals surface area contributed by atoms with Crippen molar-refractivity contribution in [3.05, 3.63) is 24.3 Å². The summed E-state index contributed by atoms with van der Waals surface area (Å²) in [6, 6.07) is 5.38. The van der Waals surface area contributed by atoms with Gasteiger partial charge in [0.15, 0.2) is 6.61 Å². The third-order valence-corrected chi connectivity index (χ3v) is 2.05. The molecule has 106 valence electrons. The number of carbonyl (C=O) groups excluding carboxylic acids is 1. The number of amides is 1. The fraction of sp³-hybridized carbons (Fsp3) is 0.417. The topological polar surface area (TPSA) is 64.4 Å². The maximum absolute atomic E-state index is 11.9. The Hall–Kier alpha value is -1.76. The minimum atomic E-state index is -4.37. The summed E-state index contributed by atoms with van der Waals surface area (Å²) in [4.78, 5) is 11.4. The Labute approximate surface area is 108 Å². The van der Waals surface area contributed by atoms with Gasteiger partial charge in [0.2, 0.25) is 5.91 Å². The van der Waals surface area contributed by atoms with Crippen LogP contribution in [0.15, 0.2) is 24.3 Å². The van der Waals surface area contributed by atoms with Crippen LogP contribution in [-0.4, -0.2) is 24.7 Å². The summed E-state index contributed by atoms with van der Waals surface area (Å²) >= 11 is 0. The molecule has 1 rings (SSSR count). The second-order valence-electron chi connectivity index (χ2n) is 4.16. The third kappa shape index (κ3) is 6.66. The fourth-order valence-electron chi connectivity index (χ4n) is 1.30. The first-order valence-corrected chi connectivity index (χ1v) is 5.61. The molecule has 0 aliphatic carbocycles. The SMILES string of the molecule is CC(N)CC(=O)Nc1ccc(OCC(F)(F)F)cc1. The van der Waals surface area contributed by atoms with Crippen LogP contribution < -0.4 is 15.8 Å². The summed E-state index contributed by atoms with van der Waals surface area (Å²) in [5.41, 5.74) is 5.94. The van der Waals surface area contributed by atoms with Crippen LogP contribution in [0.25, 0.3) is 0 Å². The second-order valence-corrected chi connectivity index (χ2v) is 4.16. The van der Waals surface area contributed by atoms with Gasteiger partial charge in [0.25, 0.3) is 0 Å². The number of nitrogens with one attached hydrogen (secondary N) is 1. The van der Waals surface area contributed by atoms with E-state index in [0.29, 0.717) is 5.69 Å². The van der Waals surface area contributed by atoms with E-state index in [4.69, 9.17) is 5.73 Å². The molecule has 1 atom stereocenters. The van der Waals surface area contributed by atoms with Crippen LogP contribution in [0.2, 0.25) is 0 Å². The van der Waals surface area contributed by atoms with Crippen molar-refractivity contribution < 1.29 is 22.7 Å². The van der Waals surface area contributed by atoms with Crippen molar-refractivity contribution in [1.82, 2.24) is 0 Å². The highest BCUT2D eigenvalue weighted by molar-refractivity contribution is 5.91. The Morgan fingerprint density at radius 2 is 1.95 bits per heavy atom. The molecule has 0 saturated carbocycles. The number of ether oxygens (including phenoxy) is 1. The molecule has 1 amide bonds. The van der Waals surface area contributed by atoms with Gasteiger partial charge in [-0.1, -0.05) is 0 Å². The monoisotopic (exact) mass is 276 g/mol. The highest BCUT2D eigenvalue weighted by Gasteiger charge is 2.28. The van der Waals surface area contributed by atoms with Crippen molar-refractivity contribution in [2.24, 2.45) is 5.73 Å². The maximum atomic E-state index is 11.9. The maximum Gasteiger partial charge on any atom is 0.422 e. The summed E-state index contributed by atoms with van der Waals surface area (Å²) in [6.45, 7) is 0.358. The number of benzene rings is 1. The van der Waals surface area contributed by atoms with Gasteiger partial charge in [0.1, 0.15) is 5.75 Å². The third-order valence-electron chi connectivity index (χ3n) is 2.05. The summed E-state index contributed by atoms with van der Waals surface area (Å²) in [6.07, 6.45) is -4.20. The molecule has 1 aromatic carbocycles. The lowest BCUT2D eigenvalue weighted by Crippen LogP contribution is -2.23. The summed E-state index contributed by atoms with van der Waals surface area (Å²) < 4.78 is 40.3. The molecule has 1 unspecified atom stereocenters. The molecule has 19 heavy (non-hydrogen) atoms. The molecule has 1 aromatic rings. The molecule has 0 aliphatic heterocycles. The van der Waals surface area contributed by atoms with Crippen molar-refractivity contribution in [1.29, 1.82) is 0 Å². The second kappa shape index (κ2) is 6.42. The summed E-state index contributed by atoms with van der Waals surface area (Å²) in [5, 5.41) is 2.58. The van der Waals surface area contributed by atoms with Crippen LogP contribution in [0.1, 0.15) is 13.3 Å². The Balaban J connectivity index is 2.50. The van der Waals surface area contributed by atoms with Gasteiger partial charge in [0.05, 0.1) is 0 Å². The molecule has 0 saturated heterocycles. The van der Waals surface area contributed by atoms with Crippen LogP contribution >= 0.6 is 0 Å². The van der Waals surface area contributed by atoms with E-state index in [-0.39, 0.29) is 24.1 Å². The van der Waals surface area contributed by atoms with E-state index in [1.54, 1.807) is 6.92 Å². The van der Waals surface area contributed by atoms with E-state index in [0.717, 1.165) is 0 Å². The average molecular weight is 276 g/mol. The fourth-order valence-corrected chi connectivity index (χ4v) is 1.30. The average Bonchev–Trinajstić information content (AvgIpc) is 2.26. The van der Waals surface area contributed by atoms with Gasteiger partial charge in [-0.15, -0.1) is 0 Å². The van der Waals surface area contributed by atoms with Crippen LogP contribution in [0.3, 0.4) is 0 Å². The van der Waals surface area contributed by atoms with Crippen LogP contribution in [-0.2, 0) is 4.79 Å². The van der Waals surface area contributed by atoms with Crippen molar-refractivity contribution >= 4 is 11.6 Å². The van der Waals surface area contributed by atoms with E-state index < -0.39 is 12.8 Å². The van der Waals surface area contributed by atoms with E-state index in [9.17, 15) is 18.0 Å². The standard InChI is InChI=1S/C12H15F3N2O2/c1-8(16)6-11(18)17-9-2-4-10(5-3-9)19-7-12(13,14)15/h2-5,8H,6-7,16H2,1H3,(H,17,18). The number of rotatable bonds is 5. The summed E-state index contributed by atoms with van der Waals surface area (Å²) in [7, 11) is 0. The smallest absolute Gasteiger partial charge is 0.422 e. The van der Waals surface area contributed by atoms with Crippen molar-refractivity contribution in [2.45, 2.75) is 25.6 Å².